The number of para-hydroxylation sites is 1. The minimum absolute atomic E-state index is 0.162. The number of fused-ring (bicyclic) bond motifs is 6. The van der Waals surface area contributed by atoms with Gasteiger partial charge in [-0.3, -0.25) is 14.5 Å². The van der Waals surface area contributed by atoms with Crippen LogP contribution in [-0.4, -0.2) is 62.5 Å². The zero-order valence-electron chi connectivity index (χ0n) is 23.9. The second-order valence-corrected chi connectivity index (χ2v) is 10.9. The normalized spacial score (nSPS) is 20.8. The number of piperidine rings is 1. The summed E-state index contributed by atoms with van der Waals surface area (Å²) in [5.41, 5.74) is 2.44. The first-order valence-electron chi connectivity index (χ1n) is 14.4. The van der Waals surface area contributed by atoms with Crippen LogP contribution < -0.4 is 34.3 Å². The molecule has 0 radical (unpaired) electrons. The van der Waals surface area contributed by atoms with E-state index < -0.39 is 18.0 Å². The van der Waals surface area contributed by atoms with Crippen molar-refractivity contribution >= 4 is 11.8 Å². The lowest BCUT2D eigenvalue weighted by Gasteiger charge is -2.39. The van der Waals surface area contributed by atoms with Gasteiger partial charge in [0.1, 0.15) is 17.7 Å². The van der Waals surface area contributed by atoms with Gasteiger partial charge in [0.2, 0.25) is 12.7 Å². The summed E-state index contributed by atoms with van der Waals surface area (Å²) in [5, 5.41) is 5.95. The number of rotatable bonds is 3. The SMILES string of the molecule is COc1ccc2cc1OCC(=O)N[C@@H]1CN(Cc3cccc4c3OCO4)CC[C@H]1Oc1cc(F)cc(c1)CNC(=O)CC2. The predicted molar refractivity (Wildman–Crippen MR) is 154 cm³/mol. The maximum Gasteiger partial charge on any atom is 0.258 e. The average Bonchev–Trinajstić information content (AvgIpc) is 3.49. The van der Waals surface area contributed by atoms with E-state index in [9.17, 15) is 14.0 Å². The molecule has 11 heteroatoms. The Morgan fingerprint density at radius 1 is 0.977 bits per heavy atom. The Labute approximate surface area is 249 Å². The van der Waals surface area contributed by atoms with E-state index in [1.807, 2.05) is 24.3 Å². The lowest BCUT2D eigenvalue weighted by Crippen LogP contribution is -2.57. The van der Waals surface area contributed by atoms with Crippen molar-refractivity contribution < 1.29 is 37.7 Å². The standard InChI is InChI=1S/C32H34FN3O7/c1-39-27-7-5-20-6-8-30(37)34-15-21-11-23(33)14-24(12-21)43-26-9-10-36(16-22-3-2-4-28-32(22)42-19-41-28)17-25(26)35-31(38)18-40-29(27)13-20/h2-5,7,11-14,25-26H,6,8-10,15-19H2,1H3,(H,34,37)(H,35,38)/t25-,26-/m1/s1. The van der Waals surface area contributed by atoms with Gasteiger partial charge in [-0.1, -0.05) is 18.2 Å². The van der Waals surface area contributed by atoms with Gasteiger partial charge in [0, 0.05) is 44.2 Å². The summed E-state index contributed by atoms with van der Waals surface area (Å²) in [6.07, 6.45) is 0.839. The number of ether oxygens (including phenoxy) is 5. The first-order valence-corrected chi connectivity index (χ1v) is 14.4. The highest BCUT2D eigenvalue weighted by Crippen LogP contribution is 2.36. The molecule has 0 spiro atoms. The van der Waals surface area contributed by atoms with Crippen LogP contribution in [0.1, 0.15) is 29.5 Å². The van der Waals surface area contributed by atoms with Crippen LogP contribution in [0.3, 0.4) is 0 Å². The fraction of sp³-hybridized carbons (Fsp3) is 0.375. The molecule has 3 aromatic rings. The van der Waals surface area contributed by atoms with E-state index in [0.29, 0.717) is 55.3 Å². The number of carbonyl (C=O) groups excluding carboxylic acids is 2. The van der Waals surface area contributed by atoms with Crippen molar-refractivity contribution in [2.24, 2.45) is 0 Å². The van der Waals surface area contributed by atoms with Crippen LogP contribution in [-0.2, 0) is 29.1 Å². The van der Waals surface area contributed by atoms with Crippen molar-refractivity contribution in [3.8, 4) is 28.7 Å². The summed E-state index contributed by atoms with van der Waals surface area (Å²) >= 11 is 0. The number of nitrogens with one attached hydrogen (secondary N) is 2. The first-order chi connectivity index (χ1) is 20.9. The lowest BCUT2D eigenvalue weighted by molar-refractivity contribution is -0.125. The van der Waals surface area contributed by atoms with Crippen LogP contribution in [0, 0.1) is 5.82 Å². The molecule has 0 aromatic heterocycles. The Morgan fingerprint density at radius 2 is 1.88 bits per heavy atom. The van der Waals surface area contributed by atoms with E-state index in [2.05, 4.69) is 15.5 Å². The van der Waals surface area contributed by atoms with Crippen LogP contribution in [0.25, 0.3) is 0 Å². The van der Waals surface area contributed by atoms with Gasteiger partial charge >= 0.3 is 0 Å². The smallest absolute Gasteiger partial charge is 0.258 e. The van der Waals surface area contributed by atoms with Crippen LogP contribution in [0.15, 0.2) is 54.6 Å². The Kier molecular flexibility index (Phi) is 8.50. The minimum atomic E-state index is -0.464. The van der Waals surface area contributed by atoms with Crippen molar-refractivity contribution in [2.75, 3.05) is 33.6 Å². The van der Waals surface area contributed by atoms with Gasteiger partial charge in [-0.2, -0.15) is 0 Å². The highest BCUT2D eigenvalue weighted by Gasteiger charge is 2.33. The highest BCUT2D eigenvalue weighted by atomic mass is 19.1. The molecule has 0 saturated carbocycles. The van der Waals surface area contributed by atoms with Crippen molar-refractivity contribution in [1.29, 1.82) is 0 Å². The number of amides is 2. The molecule has 2 atom stereocenters. The number of methoxy groups -OCH3 is 1. The van der Waals surface area contributed by atoms with E-state index >= 15 is 0 Å². The Bertz CT molecular complexity index is 1500. The van der Waals surface area contributed by atoms with Crippen molar-refractivity contribution in [2.45, 2.75) is 44.5 Å². The molecular weight excluding hydrogens is 557 g/mol. The summed E-state index contributed by atoms with van der Waals surface area (Å²) in [6.45, 7) is 1.86. The first kappa shape index (κ1) is 28.6. The molecule has 2 N–H and O–H groups in total. The minimum Gasteiger partial charge on any atom is -0.493 e. The Morgan fingerprint density at radius 3 is 2.77 bits per heavy atom. The third kappa shape index (κ3) is 6.94. The van der Waals surface area contributed by atoms with Crippen LogP contribution in [0.4, 0.5) is 4.39 Å². The van der Waals surface area contributed by atoms with Gasteiger partial charge in [-0.25, -0.2) is 4.39 Å². The zero-order valence-corrected chi connectivity index (χ0v) is 23.9. The quantitative estimate of drug-likeness (QED) is 0.478. The van der Waals surface area contributed by atoms with Crippen LogP contribution in [0.2, 0.25) is 0 Å². The fourth-order valence-corrected chi connectivity index (χ4v) is 5.67. The van der Waals surface area contributed by atoms with Gasteiger partial charge in [0.15, 0.2) is 29.6 Å². The summed E-state index contributed by atoms with van der Waals surface area (Å²) in [7, 11) is 1.53. The molecule has 43 heavy (non-hydrogen) atoms. The molecule has 3 aromatic carbocycles. The van der Waals surface area contributed by atoms with Gasteiger partial charge in [0.05, 0.1) is 13.2 Å². The number of halogens is 1. The number of benzene rings is 3. The number of likely N-dealkylation sites (tertiary alicyclic amines) is 1. The summed E-state index contributed by atoms with van der Waals surface area (Å²) < 4.78 is 43.4. The van der Waals surface area contributed by atoms with Gasteiger partial charge in [-0.05, 0) is 54.3 Å². The maximum atomic E-state index is 14.6. The van der Waals surface area contributed by atoms with Crippen molar-refractivity contribution in [3.05, 3.63) is 77.1 Å². The number of hydrogen-bond acceptors (Lipinski definition) is 8. The molecule has 3 aliphatic heterocycles. The Balaban J connectivity index is 1.25. The Hall–Kier alpha value is -4.51. The number of hydrogen-bond donors (Lipinski definition) is 2. The number of carbonyl (C=O) groups is 2. The number of aryl methyl sites for hydroxylation is 1. The molecule has 3 heterocycles. The molecule has 4 bridgehead atoms. The van der Waals surface area contributed by atoms with Crippen molar-refractivity contribution in [3.63, 3.8) is 0 Å². The summed E-state index contributed by atoms with van der Waals surface area (Å²) in [5.74, 6) is 1.74. The molecule has 0 unspecified atom stereocenters. The predicted octanol–water partition coefficient (Wildman–Crippen LogP) is 3.34. The van der Waals surface area contributed by atoms with Crippen LogP contribution >= 0.6 is 0 Å². The van der Waals surface area contributed by atoms with Crippen molar-refractivity contribution in [1.82, 2.24) is 15.5 Å². The topological polar surface area (TPSA) is 108 Å². The zero-order chi connectivity index (χ0) is 29.8. The molecule has 0 aliphatic carbocycles. The van der Waals surface area contributed by atoms with Gasteiger partial charge in [-0.15, -0.1) is 0 Å². The second kappa shape index (κ2) is 12.8. The molecule has 3 aliphatic rings. The largest absolute Gasteiger partial charge is 0.493 e. The molecule has 2 amide bonds. The monoisotopic (exact) mass is 591 g/mol. The molecule has 1 saturated heterocycles. The van der Waals surface area contributed by atoms with E-state index in [4.69, 9.17) is 23.7 Å². The van der Waals surface area contributed by atoms with Gasteiger partial charge in [0.25, 0.3) is 5.91 Å². The van der Waals surface area contributed by atoms with E-state index in [1.165, 1.54) is 19.2 Å². The number of nitrogens with zero attached hydrogens (tertiary/aromatic N) is 1. The van der Waals surface area contributed by atoms with Gasteiger partial charge < -0.3 is 34.3 Å². The average molecular weight is 592 g/mol. The van der Waals surface area contributed by atoms with E-state index in [-0.39, 0.29) is 38.2 Å². The molecule has 6 rings (SSSR count). The summed E-state index contributed by atoms with van der Waals surface area (Å²) in [4.78, 5) is 28.0. The van der Waals surface area contributed by atoms with E-state index in [0.717, 1.165) is 22.6 Å². The maximum absolute atomic E-state index is 14.6. The van der Waals surface area contributed by atoms with E-state index in [1.54, 1.807) is 18.2 Å². The van der Waals surface area contributed by atoms with Crippen LogP contribution in [0.5, 0.6) is 28.7 Å². The third-order valence-corrected chi connectivity index (χ3v) is 7.79. The lowest BCUT2D eigenvalue weighted by atomic mass is 10.0. The fourth-order valence-electron chi connectivity index (χ4n) is 5.67. The molecule has 10 nitrogen and oxygen atoms in total. The molecular formula is C32H34FN3O7. The summed E-state index contributed by atoms with van der Waals surface area (Å²) in [6, 6.07) is 15.2. The molecule has 226 valence electrons. The second-order valence-electron chi connectivity index (χ2n) is 10.9. The third-order valence-electron chi connectivity index (χ3n) is 7.79. The molecule has 1 fully saturated rings. The highest BCUT2D eigenvalue weighted by molar-refractivity contribution is 5.78.